The Morgan fingerprint density at radius 3 is 2.94 bits per heavy atom. The fraction of sp³-hybridized carbons (Fsp3) is 0.462. The Balaban J connectivity index is 2.22. The molecule has 1 unspecified atom stereocenters. The molecular formula is C13H19N3O. The Morgan fingerprint density at radius 2 is 2.24 bits per heavy atom. The molecule has 2 amide bonds. The van der Waals surface area contributed by atoms with Crippen LogP contribution in [0.2, 0.25) is 0 Å². The summed E-state index contributed by atoms with van der Waals surface area (Å²) < 4.78 is 0. The van der Waals surface area contributed by atoms with E-state index in [1.165, 1.54) is 5.56 Å². The fourth-order valence-electron chi connectivity index (χ4n) is 2.18. The van der Waals surface area contributed by atoms with Gasteiger partial charge in [-0.3, -0.25) is 4.90 Å². The molecule has 17 heavy (non-hydrogen) atoms. The van der Waals surface area contributed by atoms with E-state index in [2.05, 4.69) is 17.4 Å². The standard InChI is InChI=1S/C13H19N3O/c1-9-3-4-10(2)12(7-9)16-8-11(5-6-14)15-13(16)17/h3-4,7,11H,5-6,8,14H2,1-2H3,(H,15,17). The zero-order valence-electron chi connectivity index (χ0n) is 10.4. The number of nitrogens with one attached hydrogen (secondary N) is 1. The van der Waals surface area contributed by atoms with Crippen LogP contribution in [-0.4, -0.2) is 25.2 Å². The van der Waals surface area contributed by atoms with Crippen molar-refractivity contribution in [3.8, 4) is 0 Å². The zero-order chi connectivity index (χ0) is 12.4. The summed E-state index contributed by atoms with van der Waals surface area (Å²) in [5, 5.41) is 2.96. The molecule has 0 aromatic heterocycles. The first kappa shape index (κ1) is 11.9. The molecule has 3 N–H and O–H groups in total. The second-order valence-electron chi connectivity index (χ2n) is 4.62. The van der Waals surface area contributed by atoms with Crippen molar-refractivity contribution in [1.29, 1.82) is 0 Å². The number of nitrogens with zero attached hydrogens (tertiary/aromatic N) is 1. The average molecular weight is 233 g/mol. The normalized spacial score (nSPS) is 19.6. The molecule has 0 spiro atoms. The molecular weight excluding hydrogens is 214 g/mol. The monoisotopic (exact) mass is 233 g/mol. The van der Waals surface area contributed by atoms with Crippen LogP contribution in [0, 0.1) is 13.8 Å². The van der Waals surface area contributed by atoms with Gasteiger partial charge in [0.1, 0.15) is 0 Å². The summed E-state index contributed by atoms with van der Waals surface area (Å²) in [6, 6.07) is 6.32. The van der Waals surface area contributed by atoms with E-state index >= 15 is 0 Å². The summed E-state index contributed by atoms with van der Waals surface area (Å²) in [6.07, 6.45) is 0.826. The maximum Gasteiger partial charge on any atom is 0.322 e. The number of hydrogen-bond acceptors (Lipinski definition) is 2. The molecule has 92 valence electrons. The average Bonchev–Trinajstić information content (AvgIpc) is 2.64. The lowest BCUT2D eigenvalue weighted by Gasteiger charge is -2.18. The number of hydrogen-bond donors (Lipinski definition) is 2. The number of rotatable bonds is 3. The van der Waals surface area contributed by atoms with Gasteiger partial charge >= 0.3 is 6.03 Å². The third-order valence-corrected chi connectivity index (χ3v) is 3.15. The molecule has 1 fully saturated rings. The number of aryl methyl sites for hydroxylation is 2. The first-order valence-electron chi connectivity index (χ1n) is 5.97. The van der Waals surface area contributed by atoms with Gasteiger partial charge in [-0.2, -0.15) is 0 Å². The van der Waals surface area contributed by atoms with Crippen LogP contribution in [0.15, 0.2) is 18.2 Å². The van der Waals surface area contributed by atoms with Gasteiger partial charge in [-0.1, -0.05) is 12.1 Å². The van der Waals surface area contributed by atoms with E-state index in [1.54, 1.807) is 0 Å². The maximum atomic E-state index is 11.9. The van der Waals surface area contributed by atoms with Gasteiger partial charge in [0.2, 0.25) is 0 Å². The molecule has 2 rings (SSSR count). The number of carbonyl (C=O) groups is 1. The summed E-state index contributed by atoms with van der Waals surface area (Å²) >= 11 is 0. The minimum Gasteiger partial charge on any atom is -0.333 e. The number of benzene rings is 1. The quantitative estimate of drug-likeness (QED) is 0.832. The van der Waals surface area contributed by atoms with Crippen LogP contribution < -0.4 is 16.0 Å². The molecule has 0 radical (unpaired) electrons. The van der Waals surface area contributed by atoms with E-state index in [0.717, 1.165) is 17.7 Å². The molecule has 4 nitrogen and oxygen atoms in total. The Bertz CT molecular complexity index is 431. The van der Waals surface area contributed by atoms with Crippen molar-refractivity contribution in [1.82, 2.24) is 5.32 Å². The van der Waals surface area contributed by atoms with E-state index in [0.29, 0.717) is 13.1 Å². The predicted octanol–water partition coefficient (Wildman–Crippen LogP) is 1.55. The topological polar surface area (TPSA) is 58.4 Å². The maximum absolute atomic E-state index is 11.9. The highest BCUT2D eigenvalue weighted by molar-refractivity contribution is 5.95. The summed E-state index contributed by atoms with van der Waals surface area (Å²) in [7, 11) is 0. The van der Waals surface area contributed by atoms with Crippen LogP contribution in [-0.2, 0) is 0 Å². The summed E-state index contributed by atoms with van der Waals surface area (Å²) in [5.74, 6) is 0. The summed E-state index contributed by atoms with van der Waals surface area (Å²) in [5.41, 5.74) is 8.82. The number of anilines is 1. The van der Waals surface area contributed by atoms with Crippen LogP contribution in [0.3, 0.4) is 0 Å². The lowest BCUT2D eigenvalue weighted by Crippen LogP contribution is -2.29. The third-order valence-electron chi connectivity index (χ3n) is 3.15. The molecule has 1 aliphatic heterocycles. The number of nitrogens with two attached hydrogens (primary N) is 1. The largest absolute Gasteiger partial charge is 0.333 e. The molecule has 1 saturated heterocycles. The van der Waals surface area contributed by atoms with Crippen molar-refractivity contribution in [3.05, 3.63) is 29.3 Å². The van der Waals surface area contributed by atoms with Crippen molar-refractivity contribution in [3.63, 3.8) is 0 Å². The first-order chi connectivity index (χ1) is 8.11. The van der Waals surface area contributed by atoms with E-state index in [4.69, 9.17) is 5.73 Å². The van der Waals surface area contributed by atoms with Gasteiger partial charge < -0.3 is 11.1 Å². The molecule has 1 aliphatic rings. The molecule has 0 aliphatic carbocycles. The second kappa shape index (κ2) is 4.75. The fourth-order valence-corrected chi connectivity index (χ4v) is 2.18. The van der Waals surface area contributed by atoms with Crippen molar-refractivity contribution in [2.75, 3.05) is 18.0 Å². The highest BCUT2D eigenvalue weighted by atomic mass is 16.2. The van der Waals surface area contributed by atoms with Crippen LogP contribution in [0.1, 0.15) is 17.5 Å². The number of amides is 2. The van der Waals surface area contributed by atoms with Crippen LogP contribution in [0.4, 0.5) is 10.5 Å². The minimum absolute atomic E-state index is 0.0165. The molecule has 1 aromatic rings. The summed E-state index contributed by atoms with van der Waals surface area (Å²) in [4.78, 5) is 13.7. The molecule has 0 bridgehead atoms. The van der Waals surface area contributed by atoms with Gasteiger partial charge in [-0.05, 0) is 44.0 Å². The van der Waals surface area contributed by atoms with Gasteiger partial charge in [-0.15, -0.1) is 0 Å². The summed E-state index contributed by atoms with van der Waals surface area (Å²) in [6.45, 7) is 5.37. The van der Waals surface area contributed by atoms with Crippen molar-refractivity contribution >= 4 is 11.7 Å². The third kappa shape index (κ3) is 2.42. The zero-order valence-corrected chi connectivity index (χ0v) is 10.4. The highest BCUT2D eigenvalue weighted by Crippen LogP contribution is 2.24. The lowest BCUT2D eigenvalue weighted by atomic mass is 10.1. The van der Waals surface area contributed by atoms with Crippen molar-refractivity contribution < 1.29 is 4.79 Å². The second-order valence-corrected chi connectivity index (χ2v) is 4.62. The number of urea groups is 1. The Morgan fingerprint density at radius 1 is 1.47 bits per heavy atom. The highest BCUT2D eigenvalue weighted by Gasteiger charge is 2.29. The molecule has 0 saturated carbocycles. The predicted molar refractivity (Wildman–Crippen MR) is 69.3 cm³/mol. The Hall–Kier alpha value is -1.55. The van der Waals surface area contributed by atoms with Gasteiger partial charge in [0.25, 0.3) is 0 Å². The van der Waals surface area contributed by atoms with Crippen LogP contribution >= 0.6 is 0 Å². The van der Waals surface area contributed by atoms with Gasteiger partial charge in [-0.25, -0.2) is 4.79 Å². The first-order valence-corrected chi connectivity index (χ1v) is 5.97. The van der Waals surface area contributed by atoms with Crippen molar-refractivity contribution in [2.45, 2.75) is 26.3 Å². The molecule has 1 heterocycles. The van der Waals surface area contributed by atoms with E-state index < -0.39 is 0 Å². The van der Waals surface area contributed by atoms with Crippen LogP contribution in [0.5, 0.6) is 0 Å². The minimum atomic E-state index is -0.0165. The van der Waals surface area contributed by atoms with Gasteiger partial charge in [0, 0.05) is 18.3 Å². The van der Waals surface area contributed by atoms with E-state index in [-0.39, 0.29) is 12.1 Å². The Labute approximate surface area is 102 Å². The van der Waals surface area contributed by atoms with E-state index in [1.807, 2.05) is 24.8 Å². The SMILES string of the molecule is Cc1ccc(C)c(N2CC(CCN)NC2=O)c1. The molecule has 4 heteroatoms. The smallest absolute Gasteiger partial charge is 0.322 e. The Kier molecular flexibility index (Phi) is 3.33. The lowest BCUT2D eigenvalue weighted by molar-refractivity contribution is 0.250. The van der Waals surface area contributed by atoms with Crippen molar-refractivity contribution in [2.24, 2.45) is 5.73 Å². The number of carbonyl (C=O) groups excluding carboxylic acids is 1. The van der Waals surface area contributed by atoms with Gasteiger partial charge in [0.05, 0.1) is 0 Å². The molecule has 1 atom stereocenters. The molecule has 1 aromatic carbocycles. The van der Waals surface area contributed by atoms with E-state index in [9.17, 15) is 4.79 Å². The van der Waals surface area contributed by atoms with Crippen LogP contribution in [0.25, 0.3) is 0 Å². The van der Waals surface area contributed by atoms with Gasteiger partial charge in [0.15, 0.2) is 0 Å².